The van der Waals surface area contributed by atoms with Gasteiger partial charge in [-0.25, -0.2) is 0 Å². The maximum absolute atomic E-state index is 12.7. The zero-order valence-corrected chi connectivity index (χ0v) is 17.9. The van der Waals surface area contributed by atoms with Crippen LogP contribution in [-0.2, 0) is 13.6 Å². The molecule has 0 saturated carbocycles. The summed E-state index contributed by atoms with van der Waals surface area (Å²) < 4.78 is 14.6. The standard InChI is InChI=1S/C23H25N5O3/c1-26-22(29)17-7-4-5-8-19(17)28-21(24-25-23(26)28)14-27-12-6-9-18(27)16-11-10-15(30-2)13-20(16)31-3/h4-5,7-8,10-11,13,18H,6,9,12,14H2,1-3H3. The molecule has 5 rings (SSSR count). The lowest BCUT2D eigenvalue weighted by Crippen LogP contribution is -2.25. The number of nitrogens with zero attached hydrogens (tertiary/aromatic N) is 5. The number of methoxy groups -OCH3 is 2. The maximum atomic E-state index is 12.7. The van der Waals surface area contributed by atoms with E-state index in [0.717, 1.165) is 47.8 Å². The topological polar surface area (TPSA) is 73.9 Å². The lowest BCUT2D eigenvalue weighted by Gasteiger charge is -2.25. The molecule has 160 valence electrons. The Morgan fingerprint density at radius 2 is 1.94 bits per heavy atom. The molecule has 8 nitrogen and oxygen atoms in total. The van der Waals surface area contributed by atoms with Gasteiger partial charge in [0.1, 0.15) is 11.5 Å². The van der Waals surface area contributed by atoms with E-state index >= 15 is 0 Å². The van der Waals surface area contributed by atoms with E-state index in [1.807, 2.05) is 40.8 Å². The molecule has 4 aromatic rings. The van der Waals surface area contributed by atoms with Crippen molar-refractivity contribution in [3.63, 3.8) is 0 Å². The molecule has 2 aromatic heterocycles. The van der Waals surface area contributed by atoms with Crippen molar-refractivity contribution in [1.82, 2.24) is 24.1 Å². The van der Waals surface area contributed by atoms with Gasteiger partial charge >= 0.3 is 0 Å². The smallest absolute Gasteiger partial charge is 0.262 e. The molecule has 0 bridgehead atoms. The van der Waals surface area contributed by atoms with Gasteiger partial charge in [-0.05, 0) is 37.6 Å². The molecule has 8 heteroatoms. The van der Waals surface area contributed by atoms with E-state index in [-0.39, 0.29) is 11.6 Å². The fraction of sp³-hybridized carbons (Fsp3) is 0.348. The first-order chi connectivity index (χ1) is 15.1. The molecule has 2 aromatic carbocycles. The number of hydrogen-bond acceptors (Lipinski definition) is 6. The van der Waals surface area contributed by atoms with Gasteiger partial charge in [-0.15, -0.1) is 10.2 Å². The van der Waals surface area contributed by atoms with Gasteiger partial charge in [0, 0.05) is 24.7 Å². The van der Waals surface area contributed by atoms with E-state index in [0.29, 0.717) is 17.7 Å². The normalized spacial score (nSPS) is 16.9. The van der Waals surface area contributed by atoms with Gasteiger partial charge in [0.2, 0.25) is 5.78 Å². The van der Waals surface area contributed by atoms with Crippen molar-refractivity contribution < 1.29 is 9.47 Å². The molecule has 31 heavy (non-hydrogen) atoms. The number of para-hydroxylation sites is 1. The number of aryl methyl sites for hydroxylation is 1. The van der Waals surface area contributed by atoms with Gasteiger partial charge in [0.25, 0.3) is 5.56 Å². The Balaban J connectivity index is 1.57. The van der Waals surface area contributed by atoms with E-state index in [9.17, 15) is 4.79 Å². The molecule has 1 aliphatic rings. The highest BCUT2D eigenvalue weighted by atomic mass is 16.5. The number of likely N-dealkylation sites (tertiary alicyclic amines) is 1. The quantitative estimate of drug-likeness (QED) is 0.495. The highest BCUT2D eigenvalue weighted by Crippen LogP contribution is 2.39. The van der Waals surface area contributed by atoms with Crippen LogP contribution in [0.1, 0.15) is 30.3 Å². The largest absolute Gasteiger partial charge is 0.497 e. The predicted octanol–water partition coefficient (Wildman–Crippen LogP) is 2.94. The first-order valence-corrected chi connectivity index (χ1v) is 10.4. The van der Waals surface area contributed by atoms with E-state index < -0.39 is 0 Å². The molecule has 1 atom stereocenters. The summed E-state index contributed by atoms with van der Waals surface area (Å²) in [6, 6.07) is 13.8. The Bertz CT molecular complexity index is 1330. The number of rotatable bonds is 5. The van der Waals surface area contributed by atoms with Crippen LogP contribution in [0.4, 0.5) is 0 Å². The van der Waals surface area contributed by atoms with Crippen LogP contribution in [0.3, 0.4) is 0 Å². The molecule has 0 amide bonds. The first kappa shape index (κ1) is 19.6. The zero-order chi connectivity index (χ0) is 21.5. The van der Waals surface area contributed by atoms with Crippen molar-refractivity contribution in [1.29, 1.82) is 0 Å². The summed E-state index contributed by atoms with van der Waals surface area (Å²) in [6.45, 7) is 1.58. The fourth-order valence-electron chi connectivity index (χ4n) is 4.64. The van der Waals surface area contributed by atoms with Crippen molar-refractivity contribution in [2.45, 2.75) is 25.4 Å². The summed E-state index contributed by atoms with van der Waals surface area (Å²) in [4.78, 5) is 15.1. The fourth-order valence-corrected chi connectivity index (χ4v) is 4.64. The minimum atomic E-state index is -0.0657. The van der Waals surface area contributed by atoms with Crippen LogP contribution >= 0.6 is 0 Å². The van der Waals surface area contributed by atoms with Gasteiger partial charge < -0.3 is 9.47 Å². The van der Waals surface area contributed by atoms with E-state index in [1.54, 1.807) is 25.8 Å². The Kier molecular flexibility index (Phi) is 4.86. The summed E-state index contributed by atoms with van der Waals surface area (Å²) >= 11 is 0. The summed E-state index contributed by atoms with van der Waals surface area (Å²) in [5.41, 5.74) is 1.91. The molecule has 1 unspecified atom stereocenters. The summed E-state index contributed by atoms with van der Waals surface area (Å²) in [7, 11) is 5.09. The van der Waals surface area contributed by atoms with E-state index in [4.69, 9.17) is 9.47 Å². The monoisotopic (exact) mass is 419 g/mol. The van der Waals surface area contributed by atoms with Gasteiger partial charge in [0.15, 0.2) is 5.82 Å². The van der Waals surface area contributed by atoms with Crippen molar-refractivity contribution in [3.05, 3.63) is 64.2 Å². The Morgan fingerprint density at radius 3 is 2.74 bits per heavy atom. The van der Waals surface area contributed by atoms with Crippen LogP contribution in [0.15, 0.2) is 47.3 Å². The van der Waals surface area contributed by atoms with E-state index in [2.05, 4.69) is 21.2 Å². The summed E-state index contributed by atoms with van der Waals surface area (Å²) in [5, 5.41) is 9.46. The van der Waals surface area contributed by atoms with Gasteiger partial charge in [-0.2, -0.15) is 0 Å². The third kappa shape index (κ3) is 3.14. The summed E-state index contributed by atoms with van der Waals surface area (Å²) in [6.07, 6.45) is 2.13. The second kappa shape index (κ2) is 7.70. The van der Waals surface area contributed by atoms with E-state index in [1.165, 1.54) is 0 Å². The van der Waals surface area contributed by atoms with Crippen LogP contribution in [-0.4, -0.2) is 44.8 Å². The first-order valence-electron chi connectivity index (χ1n) is 10.4. The molecule has 1 aliphatic heterocycles. The van der Waals surface area contributed by atoms with Gasteiger partial charge in [0.05, 0.1) is 31.7 Å². The third-order valence-electron chi connectivity index (χ3n) is 6.20. The van der Waals surface area contributed by atoms with Crippen molar-refractivity contribution in [3.8, 4) is 11.5 Å². The minimum absolute atomic E-state index is 0.0657. The van der Waals surface area contributed by atoms with Crippen molar-refractivity contribution in [2.75, 3.05) is 20.8 Å². The summed E-state index contributed by atoms with van der Waals surface area (Å²) in [5.74, 6) is 2.98. The highest BCUT2D eigenvalue weighted by molar-refractivity contribution is 5.80. The zero-order valence-electron chi connectivity index (χ0n) is 17.9. The average molecular weight is 419 g/mol. The molecule has 0 radical (unpaired) electrons. The van der Waals surface area contributed by atoms with Crippen LogP contribution in [0, 0.1) is 0 Å². The van der Waals surface area contributed by atoms with Crippen molar-refractivity contribution >= 4 is 16.7 Å². The van der Waals surface area contributed by atoms with Crippen LogP contribution in [0.25, 0.3) is 16.7 Å². The number of ether oxygens (including phenoxy) is 2. The molecular weight excluding hydrogens is 394 g/mol. The molecule has 1 saturated heterocycles. The maximum Gasteiger partial charge on any atom is 0.262 e. The van der Waals surface area contributed by atoms with Crippen molar-refractivity contribution in [2.24, 2.45) is 7.05 Å². The Hall–Kier alpha value is -3.39. The predicted molar refractivity (Wildman–Crippen MR) is 118 cm³/mol. The Labute approximate surface area is 179 Å². The lowest BCUT2D eigenvalue weighted by molar-refractivity contribution is 0.236. The molecule has 3 heterocycles. The third-order valence-corrected chi connectivity index (χ3v) is 6.20. The molecule has 0 spiro atoms. The van der Waals surface area contributed by atoms with Crippen LogP contribution in [0.2, 0.25) is 0 Å². The van der Waals surface area contributed by atoms with Gasteiger partial charge in [-0.1, -0.05) is 18.2 Å². The molecular formula is C23H25N5O3. The molecule has 0 aliphatic carbocycles. The average Bonchev–Trinajstić information content (AvgIpc) is 3.44. The highest BCUT2D eigenvalue weighted by Gasteiger charge is 2.30. The number of hydrogen-bond donors (Lipinski definition) is 0. The second-order valence-electron chi connectivity index (χ2n) is 7.87. The molecule has 0 N–H and O–H groups in total. The Morgan fingerprint density at radius 1 is 1.10 bits per heavy atom. The lowest BCUT2D eigenvalue weighted by atomic mass is 10.0. The van der Waals surface area contributed by atoms with Gasteiger partial charge in [-0.3, -0.25) is 18.7 Å². The van der Waals surface area contributed by atoms with Crippen LogP contribution < -0.4 is 15.0 Å². The SMILES string of the molecule is COc1ccc(C2CCCN2Cc2nnc3n(C)c(=O)c4ccccc4n23)c(OC)c1. The molecule has 1 fully saturated rings. The number of fused-ring (bicyclic) bond motifs is 3. The number of aromatic nitrogens is 4. The minimum Gasteiger partial charge on any atom is -0.497 e. The second-order valence-corrected chi connectivity index (χ2v) is 7.87. The van der Waals surface area contributed by atoms with Crippen LogP contribution in [0.5, 0.6) is 11.5 Å². The number of benzene rings is 2.